The normalized spacial score (nSPS) is 18.2. The van der Waals surface area contributed by atoms with E-state index in [1.165, 1.54) is 12.1 Å². The highest BCUT2D eigenvalue weighted by molar-refractivity contribution is 5.29. The van der Waals surface area contributed by atoms with E-state index in [9.17, 15) is 8.78 Å². The molecule has 1 fully saturated rings. The van der Waals surface area contributed by atoms with Gasteiger partial charge in [0.1, 0.15) is 11.6 Å². The molecule has 1 heterocycles. The molecule has 0 spiro atoms. The van der Waals surface area contributed by atoms with Gasteiger partial charge in [-0.2, -0.15) is 0 Å². The molecule has 0 unspecified atom stereocenters. The van der Waals surface area contributed by atoms with Gasteiger partial charge in [0.25, 0.3) is 0 Å². The molecule has 0 saturated carbocycles. The Morgan fingerprint density at radius 3 is 2.43 bits per heavy atom. The fourth-order valence-corrected chi connectivity index (χ4v) is 2.98. The van der Waals surface area contributed by atoms with E-state index in [1.54, 1.807) is 6.92 Å². The molecular weight excluding hydrogens is 270 g/mol. The van der Waals surface area contributed by atoms with E-state index in [0.29, 0.717) is 11.5 Å². The predicted octanol–water partition coefficient (Wildman–Crippen LogP) is 3.66. The van der Waals surface area contributed by atoms with Crippen molar-refractivity contribution in [2.75, 3.05) is 26.2 Å². The standard InChI is InChI=1S/C17H26F2N2/c1-12(2)4-7-15(21-10-8-20-9-11-21)16-14(18)6-5-13(3)17(16)19/h5-6,12,15,20H,4,7-11H2,1-3H3/t15-/m0/s1. The number of piperazine rings is 1. The SMILES string of the molecule is Cc1ccc(F)c([C@H](CCC(C)C)N2CCNCC2)c1F. The predicted molar refractivity (Wildman–Crippen MR) is 82.4 cm³/mol. The summed E-state index contributed by atoms with van der Waals surface area (Å²) in [5.41, 5.74) is 0.786. The molecule has 0 aliphatic carbocycles. The van der Waals surface area contributed by atoms with Crippen LogP contribution in [0.2, 0.25) is 0 Å². The summed E-state index contributed by atoms with van der Waals surface area (Å²) in [6.07, 6.45) is 1.77. The maximum atomic E-state index is 14.5. The van der Waals surface area contributed by atoms with Crippen molar-refractivity contribution in [3.05, 3.63) is 34.9 Å². The number of halogens is 2. The van der Waals surface area contributed by atoms with Gasteiger partial charge in [-0.15, -0.1) is 0 Å². The summed E-state index contributed by atoms with van der Waals surface area (Å²) in [7, 11) is 0. The summed E-state index contributed by atoms with van der Waals surface area (Å²) in [6, 6.07) is 2.76. The topological polar surface area (TPSA) is 15.3 Å². The fraction of sp³-hybridized carbons (Fsp3) is 0.647. The lowest BCUT2D eigenvalue weighted by atomic mass is 9.93. The van der Waals surface area contributed by atoms with E-state index < -0.39 is 5.82 Å². The molecule has 0 bridgehead atoms. The van der Waals surface area contributed by atoms with Crippen LogP contribution < -0.4 is 5.32 Å². The molecular formula is C17H26F2N2. The van der Waals surface area contributed by atoms with Crippen LogP contribution >= 0.6 is 0 Å². The zero-order chi connectivity index (χ0) is 15.4. The second-order valence-corrected chi connectivity index (χ2v) is 6.36. The van der Waals surface area contributed by atoms with Crippen LogP contribution in [0.5, 0.6) is 0 Å². The van der Waals surface area contributed by atoms with Crippen LogP contribution in [0.4, 0.5) is 8.78 Å². The summed E-state index contributed by atoms with van der Waals surface area (Å²) in [5, 5.41) is 3.30. The lowest BCUT2D eigenvalue weighted by Gasteiger charge is -2.36. The fourth-order valence-electron chi connectivity index (χ4n) is 2.98. The smallest absolute Gasteiger partial charge is 0.133 e. The van der Waals surface area contributed by atoms with Gasteiger partial charge < -0.3 is 5.32 Å². The first kappa shape index (κ1) is 16.4. The van der Waals surface area contributed by atoms with Crippen LogP contribution in [0.1, 0.15) is 43.9 Å². The van der Waals surface area contributed by atoms with Crippen molar-refractivity contribution < 1.29 is 8.78 Å². The minimum absolute atomic E-state index is 0.158. The van der Waals surface area contributed by atoms with Gasteiger partial charge in [0.05, 0.1) is 0 Å². The lowest BCUT2D eigenvalue weighted by Crippen LogP contribution is -2.45. The van der Waals surface area contributed by atoms with E-state index in [1.807, 2.05) is 0 Å². The van der Waals surface area contributed by atoms with Crippen molar-refractivity contribution in [1.29, 1.82) is 0 Å². The highest BCUT2D eigenvalue weighted by Gasteiger charge is 2.28. The van der Waals surface area contributed by atoms with Gasteiger partial charge in [-0.05, 0) is 37.3 Å². The largest absolute Gasteiger partial charge is 0.314 e. The van der Waals surface area contributed by atoms with E-state index in [-0.39, 0.29) is 17.4 Å². The van der Waals surface area contributed by atoms with Crippen molar-refractivity contribution in [3.8, 4) is 0 Å². The van der Waals surface area contributed by atoms with Gasteiger partial charge in [0, 0.05) is 37.8 Å². The quantitative estimate of drug-likeness (QED) is 0.892. The zero-order valence-corrected chi connectivity index (χ0v) is 13.3. The van der Waals surface area contributed by atoms with Gasteiger partial charge >= 0.3 is 0 Å². The molecule has 2 rings (SSSR count). The van der Waals surface area contributed by atoms with Crippen molar-refractivity contribution in [1.82, 2.24) is 10.2 Å². The molecule has 0 aromatic heterocycles. The average Bonchev–Trinajstić information content (AvgIpc) is 2.47. The van der Waals surface area contributed by atoms with Crippen LogP contribution in [0, 0.1) is 24.5 Å². The first-order valence-corrected chi connectivity index (χ1v) is 7.90. The number of aryl methyl sites for hydroxylation is 1. The van der Waals surface area contributed by atoms with E-state index in [0.717, 1.165) is 39.0 Å². The molecule has 0 radical (unpaired) electrons. The highest BCUT2D eigenvalue weighted by atomic mass is 19.1. The Morgan fingerprint density at radius 1 is 1.14 bits per heavy atom. The van der Waals surface area contributed by atoms with Crippen LogP contribution in [0.25, 0.3) is 0 Å². The summed E-state index contributed by atoms with van der Waals surface area (Å²) in [5.74, 6) is -0.251. The maximum Gasteiger partial charge on any atom is 0.133 e. The van der Waals surface area contributed by atoms with Gasteiger partial charge in [-0.3, -0.25) is 4.90 Å². The van der Waals surface area contributed by atoms with Crippen molar-refractivity contribution in [2.45, 2.75) is 39.7 Å². The molecule has 1 aromatic rings. The Labute approximate surface area is 126 Å². The number of hydrogen-bond donors (Lipinski definition) is 1. The van der Waals surface area contributed by atoms with E-state index in [4.69, 9.17) is 0 Å². The first-order chi connectivity index (χ1) is 10.0. The third kappa shape index (κ3) is 4.01. The lowest BCUT2D eigenvalue weighted by molar-refractivity contribution is 0.153. The molecule has 21 heavy (non-hydrogen) atoms. The zero-order valence-electron chi connectivity index (χ0n) is 13.3. The Balaban J connectivity index is 2.31. The second-order valence-electron chi connectivity index (χ2n) is 6.36. The number of nitrogens with zero attached hydrogens (tertiary/aromatic N) is 1. The number of nitrogens with one attached hydrogen (secondary N) is 1. The van der Waals surface area contributed by atoms with E-state index >= 15 is 0 Å². The van der Waals surface area contributed by atoms with Gasteiger partial charge in [0.2, 0.25) is 0 Å². The van der Waals surface area contributed by atoms with Crippen LogP contribution in [-0.2, 0) is 0 Å². The van der Waals surface area contributed by atoms with Crippen LogP contribution in [0.3, 0.4) is 0 Å². The molecule has 1 aliphatic rings. The maximum absolute atomic E-state index is 14.5. The third-order valence-electron chi connectivity index (χ3n) is 4.26. The molecule has 4 heteroatoms. The molecule has 2 nitrogen and oxygen atoms in total. The Hall–Kier alpha value is -1.00. The molecule has 1 aromatic carbocycles. The molecule has 1 N–H and O–H groups in total. The number of hydrogen-bond acceptors (Lipinski definition) is 2. The van der Waals surface area contributed by atoms with Crippen molar-refractivity contribution in [2.24, 2.45) is 5.92 Å². The minimum Gasteiger partial charge on any atom is -0.314 e. The Bertz CT molecular complexity index is 468. The molecule has 1 saturated heterocycles. The van der Waals surface area contributed by atoms with Gasteiger partial charge in [0.15, 0.2) is 0 Å². The van der Waals surface area contributed by atoms with Crippen molar-refractivity contribution in [3.63, 3.8) is 0 Å². The highest BCUT2D eigenvalue weighted by Crippen LogP contribution is 2.32. The Kier molecular flexibility index (Phi) is 5.71. The molecule has 0 amide bonds. The number of benzene rings is 1. The summed E-state index contributed by atoms with van der Waals surface area (Å²) in [6.45, 7) is 9.46. The van der Waals surface area contributed by atoms with Crippen LogP contribution in [-0.4, -0.2) is 31.1 Å². The average molecular weight is 296 g/mol. The minimum atomic E-state index is -0.412. The molecule has 1 atom stereocenters. The summed E-state index contributed by atoms with van der Waals surface area (Å²) in [4.78, 5) is 2.22. The summed E-state index contributed by atoms with van der Waals surface area (Å²) < 4.78 is 28.8. The third-order valence-corrected chi connectivity index (χ3v) is 4.26. The molecule has 1 aliphatic heterocycles. The van der Waals surface area contributed by atoms with Gasteiger partial charge in [-0.25, -0.2) is 8.78 Å². The molecule has 118 valence electrons. The first-order valence-electron chi connectivity index (χ1n) is 7.90. The summed E-state index contributed by atoms with van der Waals surface area (Å²) >= 11 is 0. The van der Waals surface area contributed by atoms with Crippen LogP contribution in [0.15, 0.2) is 12.1 Å². The monoisotopic (exact) mass is 296 g/mol. The van der Waals surface area contributed by atoms with E-state index in [2.05, 4.69) is 24.1 Å². The second kappa shape index (κ2) is 7.32. The number of rotatable bonds is 5. The van der Waals surface area contributed by atoms with Gasteiger partial charge in [-0.1, -0.05) is 19.9 Å². The Morgan fingerprint density at radius 2 is 1.81 bits per heavy atom. The van der Waals surface area contributed by atoms with Crippen molar-refractivity contribution >= 4 is 0 Å².